The smallest absolute Gasteiger partial charge is 0.159 e. The summed E-state index contributed by atoms with van der Waals surface area (Å²) in [5.74, 6) is 0.438. The van der Waals surface area contributed by atoms with Crippen molar-refractivity contribution in [3.63, 3.8) is 0 Å². The van der Waals surface area contributed by atoms with Gasteiger partial charge in [0.05, 0.1) is 0 Å². The number of aliphatic hydroxyl groups is 1. The number of nitrogens with zero attached hydrogens (tertiary/aromatic N) is 1. The zero-order chi connectivity index (χ0) is 12.4. The molecule has 0 aliphatic carbocycles. The lowest BCUT2D eigenvalue weighted by molar-refractivity contribution is 0.101. The first-order valence-corrected chi connectivity index (χ1v) is 6.12. The van der Waals surface area contributed by atoms with Gasteiger partial charge in [-0.15, -0.1) is 0 Å². The van der Waals surface area contributed by atoms with Gasteiger partial charge >= 0.3 is 0 Å². The first-order chi connectivity index (χ1) is 8.13. The van der Waals surface area contributed by atoms with E-state index in [-0.39, 0.29) is 12.4 Å². The average molecular weight is 233 g/mol. The summed E-state index contributed by atoms with van der Waals surface area (Å²) >= 11 is 0. The van der Waals surface area contributed by atoms with Crippen molar-refractivity contribution in [2.45, 2.75) is 26.3 Å². The van der Waals surface area contributed by atoms with Crippen molar-refractivity contribution in [3.8, 4) is 0 Å². The summed E-state index contributed by atoms with van der Waals surface area (Å²) < 4.78 is 0. The second kappa shape index (κ2) is 4.88. The third kappa shape index (κ3) is 2.34. The Kier molecular flexibility index (Phi) is 3.48. The molecule has 0 amide bonds. The van der Waals surface area contributed by atoms with Crippen LogP contribution in [-0.2, 0) is 0 Å². The summed E-state index contributed by atoms with van der Waals surface area (Å²) in [4.78, 5) is 13.6. The number of anilines is 1. The van der Waals surface area contributed by atoms with Crippen LogP contribution in [0.1, 0.15) is 30.6 Å². The number of hydrogen-bond donors (Lipinski definition) is 1. The zero-order valence-electron chi connectivity index (χ0n) is 10.4. The minimum Gasteiger partial charge on any atom is -0.396 e. The maximum atomic E-state index is 11.4. The summed E-state index contributed by atoms with van der Waals surface area (Å²) in [5.41, 5.74) is 1.84. The Morgan fingerprint density at radius 3 is 2.88 bits per heavy atom. The lowest BCUT2D eigenvalue weighted by Crippen LogP contribution is -2.31. The molecule has 1 aromatic carbocycles. The van der Waals surface area contributed by atoms with Crippen LogP contribution >= 0.6 is 0 Å². The summed E-state index contributed by atoms with van der Waals surface area (Å²) in [6, 6.07) is 8.07. The van der Waals surface area contributed by atoms with E-state index in [0.717, 1.165) is 24.2 Å². The van der Waals surface area contributed by atoms with E-state index in [4.69, 9.17) is 0 Å². The molecule has 0 bridgehead atoms. The molecule has 1 fully saturated rings. The number of carbonyl (C=O) groups excluding carboxylic acids is 1. The Morgan fingerprint density at radius 1 is 1.53 bits per heavy atom. The van der Waals surface area contributed by atoms with Crippen LogP contribution in [0.5, 0.6) is 0 Å². The van der Waals surface area contributed by atoms with Crippen molar-refractivity contribution >= 4 is 11.5 Å². The monoisotopic (exact) mass is 233 g/mol. The summed E-state index contributed by atoms with van der Waals surface area (Å²) in [5, 5.41) is 9.26. The Morgan fingerprint density at radius 2 is 2.29 bits per heavy atom. The van der Waals surface area contributed by atoms with Gasteiger partial charge in [-0.2, -0.15) is 0 Å². The predicted octanol–water partition coefficient (Wildman–Crippen LogP) is 2.10. The van der Waals surface area contributed by atoms with E-state index in [1.807, 2.05) is 24.3 Å². The maximum absolute atomic E-state index is 11.4. The predicted molar refractivity (Wildman–Crippen MR) is 68.4 cm³/mol. The third-order valence-corrected chi connectivity index (χ3v) is 3.73. The van der Waals surface area contributed by atoms with Gasteiger partial charge in [-0.3, -0.25) is 4.79 Å². The lowest BCUT2D eigenvalue weighted by atomic mass is 10.0. The van der Waals surface area contributed by atoms with E-state index in [1.54, 1.807) is 6.92 Å². The molecule has 2 rings (SSSR count). The van der Waals surface area contributed by atoms with Crippen molar-refractivity contribution in [1.82, 2.24) is 0 Å². The van der Waals surface area contributed by atoms with Crippen LogP contribution in [0.25, 0.3) is 0 Å². The molecule has 1 aliphatic heterocycles. The van der Waals surface area contributed by atoms with E-state index in [2.05, 4.69) is 11.8 Å². The van der Waals surface area contributed by atoms with E-state index in [9.17, 15) is 9.90 Å². The Hall–Kier alpha value is -1.35. The highest BCUT2D eigenvalue weighted by Crippen LogP contribution is 2.29. The quantitative estimate of drug-likeness (QED) is 0.813. The van der Waals surface area contributed by atoms with E-state index < -0.39 is 0 Å². The lowest BCUT2D eigenvalue weighted by Gasteiger charge is -2.26. The fourth-order valence-electron chi connectivity index (χ4n) is 2.52. The van der Waals surface area contributed by atoms with Crippen LogP contribution in [0, 0.1) is 5.92 Å². The van der Waals surface area contributed by atoms with Gasteiger partial charge in [0.25, 0.3) is 0 Å². The molecule has 3 heteroatoms. The molecule has 0 aromatic heterocycles. The molecule has 1 aliphatic rings. The average Bonchev–Trinajstić information content (AvgIpc) is 2.70. The number of Topliss-reactive ketones (excluding diaryl/α,β-unsaturated/α-hetero) is 1. The molecule has 2 atom stereocenters. The Balaban J connectivity index is 2.23. The van der Waals surface area contributed by atoms with Crippen LogP contribution < -0.4 is 4.90 Å². The Bertz CT molecular complexity index is 416. The molecule has 0 saturated carbocycles. The highest BCUT2D eigenvalue weighted by molar-refractivity contribution is 5.95. The van der Waals surface area contributed by atoms with Gasteiger partial charge < -0.3 is 10.0 Å². The van der Waals surface area contributed by atoms with Crippen LogP contribution in [0.15, 0.2) is 24.3 Å². The molecule has 3 nitrogen and oxygen atoms in total. The SMILES string of the molecule is CC(=O)c1cccc(N2CCC(CO)C2C)c1. The van der Waals surface area contributed by atoms with Gasteiger partial charge in [0.2, 0.25) is 0 Å². The molecule has 92 valence electrons. The highest BCUT2D eigenvalue weighted by atomic mass is 16.3. The van der Waals surface area contributed by atoms with Crippen LogP contribution in [-0.4, -0.2) is 30.1 Å². The number of hydrogen-bond acceptors (Lipinski definition) is 3. The second-order valence-electron chi connectivity index (χ2n) is 4.77. The van der Waals surface area contributed by atoms with Gasteiger partial charge in [-0.25, -0.2) is 0 Å². The molecule has 1 saturated heterocycles. The maximum Gasteiger partial charge on any atom is 0.159 e. The van der Waals surface area contributed by atoms with Crippen LogP contribution in [0.3, 0.4) is 0 Å². The summed E-state index contributed by atoms with van der Waals surface area (Å²) in [7, 11) is 0. The topological polar surface area (TPSA) is 40.5 Å². The molecule has 2 unspecified atom stereocenters. The third-order valence-electron chi connectivity index (χ3n) is 3.73. The largest absolute Gasteiger partial charge is 0.396 e. The van der Waals surface area contributed by atoms with Crippen molar-refractivity contribution in [2.24, 2.45) is 5.92 Å². The van der Waals surface area contributed by atoms with E-state index in [0.29, 0.717) is 12.0 Å². The molecular weight excluding hydrogens is 214 g/mol. The minimum atomic E-state index is 0.0948. The van der Waals surface area contributed by atoms with Crippen molar-refractivity contribution in [3.05, 3.63) is 29.8 Å². The standard InChI is InChI=1S/C14H19NO2/c1-10-13(9-16)6-7-15(10)14-5-3-4-12(8-14)11(2)17/h3-5,8,10,13,16H,6-7,9H2,1-2H3. The molecule has 1 aromatic rings. The second-order valence-corrected chi connectivity index (χ2v) is 4.77. The normalized spacial score (nSPS) is 24.1. The molecule has 1 heterocycles. The van der Waals surface area contributed by atoms with Crippen LogP contribution in [0.2, 0.25) is 0 Å². The van der Waals surface area contributed by atoms with E-state index >= 15 is 0 Å². The van der Waals surface area contributed by atoms with Gasteiger partial charge in [0.15, 0.2) is 5.78 Å². The van der Waals surface area contributed by atoms with Gasteiger partial charge in [-0.1, -0.05) is 12.1 Å². The molecule has 0 spiro atoms. The summed E-state index contributed by atoms with van der Waals surface area (Å²) in [6.45, 7) is 4.91. The number of aliphatic hydroxyl groups excluding tert-OH is 1. The fourth-order valence-corrected chi connectivity index (χ4v) is 2.52. The fraction of sp³-hybridized carbons (Fsp3) is 0.500. The molecule has 1 N–H and O–H groups in total. The van der Waals surface area contributed by atoms with Crippen molar-refractivity contribution in [1.29, 1.82) is 0 Å². The van der Waals surface area contributed by atoms with Crippen molar-refractivity contribution in [2.75, 3.05) is 18.1 Å². The van der Waals surface area contributed by atoms with Gasteiger partial charge in [-0.05, 0) is 32.4 Å². The van der Waals surface area contributed by atoms with Gasteiger partial charge in [0, 0.05) is 36.4 Å². The first kappa shape index (κ1) is 12.1. The first-order valence-electron chi connectivity index (χ1n) is 6.12. The number of benzene rings is 1. The summed E-state index contributed by atoms with van der Waals surface area (Å²) in [6.07, 6.45) is 1.02. The molecular formula is C14H19NO2. The highest BCUT2D eigenvalue weighted by Gasteiger charge is 2.30. The van der Waals surface area contributed by atoms with Crippen LogP contribution in [0.4, 0.5) is 5.69 Å². The van der Waals surface area contributed by atoms with Gasteiger partial charge in [0.1, 0.15) is 0 Å². The number of rotatable bonds is 3. The molecule has 0 radical (unpaired) electrons. The number of carbonyl (C=O) groups is 1. The minimum absolute atomic E-state index is 0.0948. The number of ketones is 1. The van der Waals surface area contributed by atoms with Crippen molar-refractivity contribution < 1.29 is 9.90 Å². The Labute approximate surface area is 102 Å². The zero-order valence-corrected chi connectivity index (χ0v) is 10.4. The van der Waals surface area contributed by atoms with E-state index in [1.165, 1.54) is 0 Å². The molecule has 17 heavy (non-hydrogen) atoms.